The van der Waals surface area contributed by atoms with Crippen LogP contribution in [0, 0.1) is 0 Å². The van der Waals surface area contributed by atoms with Gasteiger partial charge < -0.3 is 4.42 Å². The summed E-state index contributed by atoms with van der Waals surface area (Å²) in [5.74, 6) is 1.04. The van der Waals surface area contributed by atoms with Crippen molar-refractivity contribution >= 4 is 8.41 Å². The van der Waals surface area contributed by atoms with E-state index in [9.17, 15) is 0 Å². The van der Waals surface area contributed by atoms with Crippen molar-refractivity contribution in [1.29, 1.82) is 0 Å². The zero-order valence-electron chi connectivity index (χ0n) is 6.72. The van der Waals surface area contributed by atoms with Crippen molar-refractivity contribution in [1.82, 2.24) is 0 Å². The van der Waals surface area contributed by atoms with E-state index in [4.69, 9.17) is 4.42 Å². The minimum Gasteiger partial charge on any atom is -0.469 e. The second-order valence-corrected chi connectivity index (χ2v) is 3.23. The van der Waals surface area contributed by atoms with E-state index < -0.39 is 0 Å². The fraction of sp³-hybridized carbons (Fsp3) is 0.500. The lowest BCUT2D eigenvalue weighted by molar-refractivity contribution is 0.409. The van der Waals surface area contributed by atoms with E-state index in [-0.39, 0.29) is 13.8 Å². The van der Waals surface area contributed by atoms with Gasteiger partial charge in [0.15, 0.2) is 0 Å². The summed E-state index contributed by atoms with van der Waals surface area (Å²) in [6, 6.07) is 3.92. The highest BCUT2D eigenvalue weighted by atomic mass is 16.3. The molecule has 0 aliphatic carbocycles. The largest absolute Gasteiger partial charge is 0.469 e. The second-order valence-electron chi connectivity index (χ2n) is 3.23. The van der Waals surface area contributed by atoms with E-state index in [0.717, 1.165) is 5.76 Å². The highest BCUT2D eigenvalue weighted by Crippen LogP contribution is 2.21. The van der Waals surface area contributed by atoms with Gasteiger partial charge in [0, 0.05) is 13.8 Å². The molecule has 3 radical (unpaired) electrons. The van der Waals surface area contributed by atoms with Crippen LogP contribution in [0.3, 0.4) is 0 Å². The van der Waals surface area contributed by atoms with Crippen LogP contribution in [0.15, 0.2) is 22.8 Å². The van der Waals surface area contributed by atoms with Crippen molar-refractivity contribution in [3.8, 4) is 0 Å². The van der Waals surface area contributed by atoms with E-state index >= 15 is 0 Å². The molecule has 0 N–H and O–H groups in total. The van der Waals surface area contributed by atoms with Gasteiger partial charge in [0.25, 0.3) is 0 Å². The minimum absolute atomic E-state index is 0. The minimum atomic E-state index is 0. The summed E-state index contributed by atoms with van der Waals surface area (Å²) < 4.78 is 5.20. The molecule has 0 fully saturated rings. The Morgan fingerprint density at radius 2 is 1.90 bits per heavy atom. The summed E-state index contributed by atoms with van der Waals surface area (Å²) in [6.45, 7) is 6.39. The van der Waals surface area contributed by atoms with E-state index in [0.29, 0.717) is 0 Å². The molecule has 53 valence electrons. The molecule has 0 spiro atoms. The van der Waals surface area contributed by atoms with Crippen molar-refractivity contribution in [2.75, 3.05) is 0 Å². The molecule has 0 aliphatic heterocycles. The zero-order chi connectivity index (χ0) is 6.91. The Kier molecular flexibility index (Phi) is 2.76. The lowest BCUT2D eigenvalue weighted by atomic mass is 9.94. The molecule has 0 saturated heterocycles. The summed E-state index contributed by atoms with van der Waals surface area (Å²) in [5.41, 5.74) is 0.156. The highest BCUT2D eigenvalue weighted by Gasteiger charge is 2.15. The SMILES string of the molecule is CC(C)(C)c1ccco1.[B]. The molecule has 0 amide bonds. The Balaban J connectivity index is 0.000000810. The molecule has 0 aromatic carbocycles. The normalized spacial score (nSPS) is 10.7. The standard InChI is InChI=1S/C8H12O.B/c1-8(2,3)7-5-4-6-9-7;/h4-6H,1-3H3;. The van der Waals surface area contributed by atoms with Gasteiger partial charge in [-0.15, -0.1) is 0 Å². The topological polar surface area (TPSA) is 13.1 Å². The molecule has 0 unspecified atom stereocenters. The van der Waals surface area contributed by atoms with Crippen LogP contribution in [0.2, 0.25) is 0 Å². The number of furan rings is 1. The van der Waals surface area contributed by atoms with Gasteiger partial charge in [-0.1, -0.05) is 20.8 Å². The summed E-state index contributed by atoms with van der Waals surface area (Å²) in [5, 5.41) is 0. The van der Waals surface area contributed by atoms with Gasteiger partial charge >= 0.3 is 0 Å². The fourth-order valence-corrected chi connectivity index (χ4v) is 0.705. The predicted octanol–water partition coefficient (Wildman–Crippen LogP) is 2.20. The molecule has 0 saturated carbocycles. The molecule has 1 rings (SSSR count). The molecule has 0 atom stereocenters. The van der Waals surface area contributed by atoms with Gasteiger partial charge in [-0.05, 0) is 12.1 Å². The van der Waals surface area contributed by atoms with Gasteiger partial charge in [-0.25, -0.2) is 0 Å². The molecular formula is C8H12BO. The van der Waals surface area contributed by atoms with Crippen molar-refractivity contribution in [3.63, 3.8) is 0 Å². The first kappa shape index (κ1) is 9.34. The Morgan fingerprint density at radius 1 is 1.30 bits per heavy atom. The molecule has 1 nitrogen and oxygen atoms in total. The van der Waals surface area contributed by atoms with Gasteiger partial charge in [0.1, 0.15) is 5.76 Å². The monoisotopic (exact) mass is 135 g/mol. The summed E-state index contributed by atoms with van der Waals surface area (Å²) in [6.07, 6.45) is 1.71. The first-order valence-corrected chi connectivity index (χ1v) is 3.15. The smallest absolute Gasteiger partial charge is 0.109 e. The molecule has 1 heterocycles. The van der Waals surface area contributed by atoms with Crippen LogP contribution in [0.1, 0.15) is 26.5 Å². The molecule has 1 aromatic rings. The quantitative estimate of drug-likeness (QED) is 0.497. The molecule has 0 bridgehead atoms. The summed E-state index contributed by atoms with van der Waals surface area (Å²) in [4.78, 5) is 0. The number of hydrogen-bond donors (Lipinski definition) is 0. The molecule has 2 heteroatoms. The van der Waals surface area contributed by atoms with Gasteiger partial charge in [-0.3, -0.25) is 0 Å². The van der Waals surface area contributed by atoms with Crippen molar-refractivity contribution in [3.05, 3.63) is 24.2 Å². The average molecular weight is 135 g/mol. The van der Waals surface area contributed by atoms with Gasteiger partial charge in [0.05, 0.1) is 6.26 Å². The Labute approximate surface area is 64.0 Å². The van der Waals surface area contributed by atoms with Gasteiger partial charge in [0.2, 0.25) is 0 Å². The van der Waals surface area contributed by atoms with E-state index in [1.54, 1.807) is 6.26 Å². The lowest BCUT2D eigenvalue weighted by Crippen LogP contribution is -2.08. The molecule has 1 aromatic heterocycles. The maximum atomic E-state index is 5.20. The van der Waals surface area contributed by atoms with Crippen LogP contribution in [-0.2, 0) is 5.41 Å². The van der Waals surface area contributed by atoms with Crippen LogP contribution in [0.5, 0.6) is 0 Å². The maximum absolute atomic E-state index is 5.20. The van der Waals surface area contributed by atoms with Crippen LogP contribution >= 0.6 is 0 Å². The number of hydrogen-bond acceptors (Lipinski definition) is 1. The van der Waals surface area contributed by atoms with Crippen molar-refractivity contribution in [2.45, 2.75) is 26.2 Å². The predicted molar refractivity (Wildman–Crippen MR) is 43.2 cm³/mol. The summed E-state index contributed by atoms with van der Waals surface area (Å²) in [7, 11) is 0. The molecular weight excluding hydrogens is 123 g/mol. The van der Waals surface area contributed by atoms with E-state index in [1.807, 2.05) is 12.1 Å². The third-order valence-corrected chi connectivity index (χ3v) is 1.26. The Hall–Kier alpha value is -0.655. The highest BCUT2D eigenvalue weighted by molar-refractivity contribution is 5.75. The summed E-state index contributed by atoms with van der Waals surface area (Å²) >= 11 is 0. The van der Waals surface area contributed by atoms with Crippen LogP contribution in [-0.4, -0.2) is 8.41 Å². The van der Waals surface area contributed by atoms with E-state index in [1.165, 1.54) is 0 Å². The zero-order valence-corrected chi connectivity index (χ0v) is 6.72. The van der Waals surface area contributed by atoms with Crippen molar-refractivity contribution in [2.24, 2.45) is 0 Å². The lowest BCUT2D eigenvalue weighted by Gasteiger charge is -2.13. The van der Waals surface area contributed by atoms with Gasteiger partial charge in [-0.2, -0.15) is 0 Å². The van der Waals surface area contributed by atoms with Crippen LogP contribution < -0.4 is 0 Å². The van der Waals surface area contributed by atoms with E-state index in [2.05, 4.69) is 20.8 Å². The number of rotatable bonds is 0. The third kappa shape index (κ3) is 1.94. The maximum Gasteiger partial charge on any atom is 0.109 e. The van der Waals surface area contributed by atoms with Crippen LogP contribution in [0.4, 0.5) is 0 Å². The fourth-order valence-electron chi connectivity index (χ4n) is 0.705. The Morgan fingerprint density at radius 3 is 2.10 bits per heavy atom. The third-order valence-electron chi connectivity index (χ3n) is 1.26. The molecule has 10 heavy (non-hydrogen) atoms. The Bertz CT molecular complexity index is 172. The molecule has 0 aliphatic rings. The first-order valence-electron chi connectivity index (χ1n) is 3.15. The second kappa shape index (κ2) is 2.95. The van der Waals surface area contributed by atoms with Crippen molar-refractivity contribution < 1.29 is 4.42 Å². The average Bonchev–Trinajstić information content (AvgIpc) is 2.08. The van der Waals surface area contributed by atoms with Crippen LogP contribution in [0.25, 0.3) is 0 Å². The first-order chi connectivity index (χ1) is 4.11.